The lowest BCUT2D eigenvalue weighted by Crippen LogP contribution is -2.37. The molecule has 0 saturated carbocycles. The van der Waals surface area contributed by atoms with Crippen molar-refractivity contribution < 1.29 is 23.1 Å². The first-order chi connectivity index (χ1) is 12.7. The molecule has 1 aromatic heterocycles. The van der Waals surface area contributed by atoms with Crippen LogP contribution in [0.2, 0.25) is 5.02 Å². The van der Waals surface area contributed by atoms with Crippen LogP contribution in [0, 0.1) is 18.7 Å². The minimum atomic E-state index is -1.28. The van der Waals surface area contributed by atoms with Gasteiger partial charge in [0.15, 0.2) is 0 Å². The SMILES string of the molecule is CCOC(=O)C1(C)CC(c2cc(-c3cc(C)cc(F)n3)c(F)cc2Cl)=NO1. The molecule has 0 aliphatic carbocycles. The highest BCUT2D eigenvalue weighted by atomic mass is 35.5. The Hall–Kier alpha value is -2.54. The number of ether oxygens (including phenoxy) is 1. The Balaban J connectivity index is 1.99. The molecule has 0 amide bonds. The summed E-state index contributed by atoms with van der Waals surface area (Å²) in [5.74, 6) is -1.91. The summed E-state index contributed by atoms with van der Waals surface area (Å²) in [5, 5.41) is 4.03. The Morgan fingerprint density at radius 2 is 2.04 bits per heavy atom. The molecule has 0 fully saturated rings. The van der Waals surface area contributed by atoms with E-state index < -0.39 is 23.3 Å². The van der Waals surface area contributed by atoms with Gasteiger partial charge in [0.25, 0.3) is 0 Å². The van der Waals surface area contributed by atoms with E-state index in [9.17, 15) is 13.6 Å². The van der Waals surface area contributed by atoms with Gasteiger partial charge in [-0.25, -0.2) is 14.2 Å². The Kier molecular flexibility index (Phi) is 5.15. The molecular formula is C19H17ClF2N2O3. The van der Waals surface area contributed by atoms with Gasteiger partial charge in [-0.2, -0.15) is 4.39 Å². The van der Waals surface area contributed by atoms with Crippen molar-refractivity contribution in [3.8, 4) is 11.3 Å². The fourth-order valence-electron chi connectivity index (χ4n) is 2.81. The molecule has 2 heterocycles. The molecule has 1 aromatic carbocycles. The zero-order valence-corrected chi connectivity index (χ0v) is 15.7. The molecule has 1 aliphatic rings. The number of rotatable bonds is 4. The third-order valence-electron chi connectivity index (χ3n) is 4.15. The van der Waals surface area contributed by atoms with E-state index in [4.69, 9.17) is 21.2 Å². The second-order valence-electron chi connectivity index (χ2n) is 6.42. The van der Waals surface area contributed by atoms with Crippen molar-refractivity contribution in [1.29, 1.82) is 0 Å². The number of hydrogen-bond donors (Lipinski definition) is 0. The lowest BCUT2D eigenvalue weighted by molar-refractivity contribution is -0.166. The summed E-state index contributed by atoms with van der Waals surface area (Å²) in [6, 6.07) is 5.35. The quantitative estimate of drug-likeness (QED) is 0.568. The fourth-order valence-corrected chi connectivity index (χ4v) is 3.07. The van der Waals surface area contributed by atoms with Crippen LogP contribution in [-0.4, -0.2) is 28.9 Å². The first-order valence-electron chi connectivity index (χ1n) is 8.30. The van der Waals surface area contributed by atoms with Crippen LogP contribution in [0.3, 0.4) is 0 Å². The van der Waals surface area contributed by atoms with Gasteiger partial charge in [0, 0.05) is 17.5 Å². The number of halogens is 3. The fraction of sp³-hybridized carbons (Fsp3) is 0.316. The lowest BCUT2D eigenvalue weighted by Gasteiger charge is -2.18. The van der Waals surface area contributed by atoms with Crippen LogP contribution in [0.25, 0.3) is 11.3 Å². The van der Waals surface area contributed by atoms with E-state index in [0.717, 1.165) is 6.07 Å². The van der Waals surface area contributed by atoms with Crippen LogP contribution in [0.1, 0.15) is 31.4 Å². The number of aryl methyl sites for hydroxylation is 1. The van der Waals surface area contributed by atoms with Crippen LogP contribution in [0.5, 0.6) is 0 Å². The summed E-state index contributed by atoms with van der Waals surface area (Å²) in [6.45, 7) is 5.13. The molecule has 1 unspecified atom stereocenters. The maximum Gasteiger partial charge on any atom is 0.353 e. The van der Waals surface area contributed by atoms with Gasteiger partial charge in [-0.15, -0.1) is 0 Å². The van der Waals surface area contributed by atoms with Crippen molar-refractivity contribution in [2.24, 2.45) is 5.16 Å². The van der Waals surface area contributed by atoms with Gasteiger partial charge >= 0.3 is 5.97 Å². The third kappa shape index (κ3) is 3.78. The molecule has 3 rings (SSSR count). The van der Waals surface area contributed by atoms with Crippen molar-refractivity contribution in [2.75, 3.05) is 6.61 Å². The predicted molar refractivity (Wildman–Crippen MR) is 96.6 cm³/mol. The van der Waals surface area contributed by atoms with Crippen molar-refractivity contribution in [2.45, 2.75) is 32.8 Å². The average molecular weight is 395 g/mol. The van der Waals surface area contributed by atoms with E-state index in [2.05, 4.69) is 10.1 Å². The normalized spacial score (nSPS) is 18.8. The number of carbonyl (C=O) groups is 1. The van der Waals surface area contributed by atoms with Gasteiger partial charge in [-0.3, -0.25) is 0 Å². The molecule has 0 spiro atoms. The topological polar surface area (TPSA) is 60.8 Å². The molecule has 0 radical (unpaired) electrons. The summed E-state index contributed by atoms with van der Waals surface area (Å²) in [6.07, 6.45) is 0.103. The Morgan fingerprint density at radius 1 is 1.30 bits per heavy atom. The molecule has 0 bridgehead atoms. The Labute approximate surface area is 159 Å². The maximum atomic E-state index is 14.5. The molecular weight excluding hydrogens is 378 g/mol. The zero-order valence-electron chi connectivity index (χ0n) is 15.0. The molecule has 1 atom stereocenters. The van der Waals surface area contributed by atoms with Gasteiger partial charge in [0.1, 0.15) is 5.82 Å². The highest BCUT2D eigenvalue weighted by Crippen LogP contribution is 2.34. The van der Waals surface area contributed by atoms with Gasteiger partial charge < -0.3 is 9.57 Å². The van der Waals surface area contributed by atoms with Crippen LogP contribution < -0.4 is 0 Å². The van der Waals surface area contributed by atoms with E-state index in [1.807, 2.05) is 0 Å². The summed E-state index contributed by atoms with van der Waals surface area (Å²) in [5.41, 5.74) is 0.274. The van der Waals surface area contributed by atoms with Crippen LogP contribution in [0.15, 0.2) is 29.4 Å². The molecule has 2 aromatic rings. The molecule has 1 aliphatic heterocycles. The minimum Gasteiger partial charge on any atom is -0.463 e. The second-order valence-corrected chi connectivity index (χ2v) is 6.83. The van der Waals surface area contributed by atoms with Gasteiger partial charge in [-0.1, -0.05) is 16.8 Å². The van der Waals surface area contributed by atoms with E-state index >= 15 is 0 Å². The zero-order chi connectivity index (χ0) is 19.8. The van der Waals surface area contributed by atoms with Crippen molar-refractivity contribution >= 4 is 23.3 Å². The summed E-state index contributed by atoms with van der Waals surface area (Å²) >= 11 is 6.18. The summed E-state index contributed by atoms with van der Waals surface area (Å²) in [4.78, 5) is 21.1. The van der Waals surface area contributed by atoms with E-state index in [0.29, 0.717) is 16.8 Å². The lowest BCUT2D eigenvalue weighted by atomic mass is 9.94. The van der Waals surface area contributed by atoms with Crippen LogP contribution >= 0.6 is 11.6 Å². The first-order valence-corrected chi connectivity index (χ1v) is 8.67. The number of oxime groups is 1. The minimum absolute atomic E-state index is 0.0736. The highest BCUT2D eigenvalue weighted by molar-refractivity contribution is 6.34. The largest absolute Gasteiger partial charge is 0.463 e. The molecule has 8 heteroatoms. The summed E-state index contributed by atoms with van der Waals surface area (Å²) < 4.78 is 33.1. The van der Waals surface area contributed by atoms with Crippen LogP contribution in [0.4, 0.5) is 8.78 Å². The average Bonchev–Trinajstić information content (AvgIpc) is 2.97. The van der Waals surface area contributed by atoms with Crippen molar-refractivity contribution in [3.63, 3.8) is 0 Å². The molecule has 0 saturated heterocycles. The van der Waals surface area contributed by atoms with Gasteiger partial charge in [-0.05, 0) is 50.6 Å². The van der Waals surface area contributed by atoms with Gasteiger partial charge in [0.05, 0.1) is 23.0 Å². The molecule has 27 heavy (non-hydrogen) atoms. The standard InChI is InChI=1S/C19H17ClF2N2O3/c1-4-26-18(25)19(3)9-16(24-27-19)11-7-12(14(21)8-13(11)20)15-5-10(2)6-17(22)23-15/h5-8H,4,9H2,1-3H3. The monoisotopic (exact) mass is 394 g/mol. The number of esters is 1. The molecule has 142 valence electrons. The number of hydrogen-bond acceptors (Lipinski definition) is 5. The van der Waals surface area contributed by atoms with E-state index in [1.165, 1.54) is 12.1 Å². The summed E-state index contributed by atoms with van der Waals surface area (Å²) in [7, 11) is 0. The Bertz CT molecular complexity index is 929. The number of carbonyl (C=O) groups excluding carboxylic acids is 1. The first kappa shape index (κ1) is 19.2. The second kappa shape index (κ2) is 7.23. The van der Waals surface area contributed by atoms with Crippen molar-refractivity contribution in [3.05, 3.63) is 52.2 Å². The van der Waals surface area contributed by atoms with Crippen LogP contribution in [-0.2, 0) is 14.4 Å². The van der Waals surface area contributed by atoms with E-state index in [-0.39, 0.29) is 29.3 Å². The number of pyridine rings is 1. The molecule has 0 N–H and O–H groups in total. The molecule has 5 nitrogen and oxygen atoms in total. The smallest absolute Gasteiger partial charge is 0.353 e. The third-order valence-corrected chi connectivity index (χ3v) is 4.46. The predicted octanol–water partition coefficient (Wildman–Crippen LogP) is 4.43. The Morgan fingerprint density at radius 3 is 2.70 bits per heavy atom. The van der Waals surface area contributed by atoms with Gasteiger partial charge in [0.2, 0.25) is 11.5 Å². The van der Waals surface area contributed by atoms with Crippen molar-refractivity contribution in [1.82, 2.24) is 4.98 Å². The highest BCUT2D eigenvalue weighted by Gasteiger charge is 2.44. The number of aromatic nitrogens is 1. The maximum absolute atomic E-state index is 14.5. The van der Waals surface area contributed by atoms with E-state index in [1.54, 1.807) is 26.8 Å². The number of benzene rings is 1. The number of nitrogens with zero attached hydrogens (tertiary/aromatic N) is 2.